The summed E-state index contributed by atoms with van der Waals surface area (Å²) in [5, 5.41) is 0. The molecule has 1 atom stereocenters. The second-order valence-corrected chi connectivity index (χ2v) is 7.81. The molecule has 1 amide bonds. The van der Waals surface area contributed by atoms with E-state index in [1.54, 1.807) is 6.20 Å². The van der Waals surface area contributed by atoms with Crippen LogP contribution in [0, 0.1) is 20.8 Å². The Morgan fingerprint density at radius 1 is 1.07 bits per heavy atom. The number of carbonyl (C=O) groups excluding carboxylic acids is 1. The summed E-state index contributed by atoms with van der Waals surface area (Å²) >= 11 is 0. The summed E-state index contributed by atoms with van der Waals surface area (Å²) < 4.78 is 0. The lowest BCUT2D eigenvalue weighted by molar-refractivity contribution is -0.131. The first-order chi connectivity index (χ1) is 14.0. The number of nitrogens with zero attached hydrogens (tertiary/aromatic N) is 4. The lowest BCUT2D eigenvalue weighted by Crippen LogP contribution is -2.32. The van der Waals surface area contributed by atoms with Gasteiger partial charge in [-0.25, -0.2) is 9.97 Å². The fraction of sp³-hybridized carbons (Fsp3) is 0.333. The van der Waals surface area contributed by atoms with Gasteiger partial charge in [0.2, 0.25) is 5.91 Å². The van der Waals surface area contributed by atoms with Crippen LogP contribution in [0.4, 0.5) is 0 Å². The maximum Gasteiger partial charge on any atom is 0.227 e. The number of aromatic nitrogens is 3. The van der Waals surface area contributed by atoms with Crippen molar-refractivity contribution >= 4 is 5.91 Å². The van der Waals surface area contributed by atoms with E-state index in [9.17, 15) is 4.79 Å². The quantitative estimate of drug-likeness (QED) is 0.668. The van der Waals surface area contributed by atoms with Gasteiger partial charge in [-0.05, 0) is 56.4 Å². The van der Waals surface area contributed by atoms with Gasteiger partial charge < -0.3 is 4.90 Å². The first kappa shape index (κ1) is 19.2. The number of pyridine rings is 1. The average molecular weight is 386 g/mol. The molecule has 1 unspecified atom stereocenters. The van der Waals surface area contributed by atoms with Crippen molar-refractivity contribution < 1.29 is 4.79 Å². The van der Waals surface area contributed by atoms with Crippen LogP contribution in [-0.4, -0.2) is 32.3 Å². The number of carbonyl (C=O) groups is 1. The lowest BCUT2D eigenvalue weighted by Gasteiger charge is -2.26. The third-order valence-electron chi connectivity index (χ3n) is 5.61. The molecule has 2 aromatic heterocycles. The molecule has 0 spiro atoms. The van der Waals surface area contributed by atoms with Crippen LogP contribution in [0.25, 0.3) is 11.1 Å². The van der Waals surface area contributed by atoms with Crippen LogP contribution in [-0.2, 0) is 11.2 Å². The largest absolute Gasteiger partial charge is 0.334 e. The van der Waals surface area contributed by atoms with Gasteiger partial charge in [-0.1, -0.05) is 29.8 Å². The van der Waals surface area contributed by atoms with Gasteiger partial charge >= 0.3 is 0 Å². The van der Waals surface area contributed by atoms with Gasteiger partial charge in [-0.2, -0.15) is 0 Å². The van der Waals surface area contributed by atoms with Crippen LogP contribution >= 0.6 is 0 Å². The Labute approximate surface area is 171 Å². The van der Waals surface area contributed by atoms with Crippen molar-refractivity contribution in [1.29, 1.82) is 0 Å². The number of benzene rings is 1. The Morgan fingerprint density at radius 3 is 2.62 bits per heavy atom. The summed E-state index contributed by atoms with van der Waals surface area (Å²) in [5.41, 5.74) is 6.35. The molecule has 1 aliphatic heterocycles. The minimum Gasteiger partial charge on any atom is -0.334 e. The van der Waals surface area contributed by atoms with Crippen molar-refractivity contribution in [2.24, 2.45) is 0 Å². The number of likely N-dealkylation sites (tertiary alicyclic amines) is 1. The van der Waals surface area contributed by atoms with E-state index >= 15 is 0 Å². The summed E-state index contributed by atoms with van der Waals surface area (Å²) in [6.45, 7) is 6.77. The summed E-state index contributed by atoms with van der Waals surface area (Å²) in [6, 6.07) is 10.2. The normalized spacial score (nSPS) is 16.2. The molecule has 3 heterocycles. The second kappa shape index (κ2) is 8.11. The Hall–Kier alpha value is -3.08. The van der Waals surface area contributed by atoms with E-state index in [0.717, 1.165) is 53.2 Å². The molecule has 1 aliphatic rings. The van der Waals surface area contributed by atoms with Crippen LogP contribution in [0.2, 0.25) is 0 Å². The number of rotatable bonds is 4. The Bertz CT molecular complexity index is 1030. The molecule has 4 rings (SSSR count). The third-order valence-corrected chi connectivity index (χ3v) is 5.61. The fourth-order valence-corrected chi connectivity index (χ4v) is 4.06. The molecule has 0 aliphatic carbocycles. The van der Waals surface area contributed by atoms with Gasteiger partial charge in [0.05, 0.1) is 18.2 Å². The van der Waals surface area contributed by atoms with E-state index in [1.165, 1.54) is 5.56 Å². The zero-order valence-electron chi connectivity index (χ0n) is 17.2. The molecule has 29 heavy (non-hydrogen) atoms. The van der Waals surface area contributed by atoms with Gasteiger partial charge in [-0.3, -0.25) is 9.78 Å². The second-order valence-electron chi connectivity index (χ2n) is 7.81. The Kier molecular flexibility index (Phi) is 5.38. The molecule has 0 radical (unpaired) electrons. The van der Waals surface area contributed by atoms with Crippen LogP contribution in [0.5, 0.6) is 0 Å². The predicted molar refractivity (Wildman–Crippen MR) is 113 cm³/mol. The molecule has 5 nitrogen and oxygen atoms in total. The Morgan fingerprint density at radius 2 is 1.86 bits per heavy atom. The topological polar surface area (TPSA) is 59.0 Å². The van der Waals surface area contributed by atoms with E-state index in [0.29, 0.717) is 6.42 Å². The van der Waals surface area contributed by atoms with Crippen LogP contribution < -0.4 is 0 Å². The molecule has 3 aromatic rings. The third kappa shape index (κ3) is 4.04. The highest BCUT2D eigenvalue weighted by molar-refractivity contribution is 5.80. The molecular weight excluding hydrogens is 360 g/mol. The van der Waals surface area contributed by atoms with Crippen molar-refractivity contribution in [3.05, 3.63) is 77.1 Å². The van der Waals surface area contributed by atoms with Crippen molar-refractivity contribution in [3.63, 3.8) is 0 Å². The van der Waals surface area contributed by atoms with E-state index in [2.05, 4.69) is 29.0 Å². The first-order valence-electron chi connectivity index (χ1n) is 10.1. The van der Waals surface area contributed by atoms with Crippen molar-refractivity contribution in [3.8, 4) is 11.1 Å². The van der Waals surface area contributed by atoms with Gasteiger partial charge in [0.1, 0.15) is 5.82 Å². The average Bonchev–Trinajstić information content (AvgIpc) is 3.20. The molecule has 0 N–H and O–H groups in total. The minimum absolute atomic E-state index is 0.0165. The van der Waals surface area contributed by atoms with E-state index in [1.807, 2.05) is 49.3 Å². The highest BCUT2D eigenvalue weighted by atomic mass is 16.2. The molecule has 148 valence electrons. The number of hydrogen-bond donors (Lipinski definition) is 0. The van der Waals surface area contributed by atoms with Gasteiger partial charge in [0.15, 0.2) is 0 Å². The van der Waals surface area contributed by atoms with Crippen molar-refractivity contribution in [1.82, 2.24) is 19.9 Å². The lowest BCUT2D eigenvalue weighted by atomic mass is 9.97. The van der Waals surface area contributed by atoms with E-state index in [-0.39, 0.29) is 11.9 Å². The zero-order valence-corrected chi connectivity index (χ0v) is 17.2. The van der Waals surface area contributed by atoms with Crippen molar-refractivity contribution in [2.75, 3.05) is 6.54 Å². The molecule has 1 fully saturated rings. The summed E-state index contributed by atoms with van der Waals surface area (Å²) in [4.78, 5) is 28.6. The predicted octanol–water partition coefficient (Wildman–Crippen LogP) is 4.37. The molecule has 1 saturated heterocycles. The SMILES string of the molecule is Cc1ccc(CC(=O)N2CCCC2c2nc(C)ncc2-c2ccncc2C)cc1. The van der Waals surface area contributed by atoms with Crippen molar-refractivity contribution in [2.45, 2.75) is 46.1 Å². The van der Waals surface area contributed by atoms with E-state index in [4.69, 9.17) is 4.98 Å². The minimum atomic E-state index is -0.0165. The van der Waals surface area contributed by atoms with Crippen LogP contribution in [0.3, 0.4) is 0 Å². The standard InChI is InChI=1S/C24H26N4O/c1-16-6-8-19(9-7-16)13-23(29)28-12-4-5-22(28)24-21(15-26-18(3)27-24)20-10-11-25-14-17(20)2/h6-11,14-15,22H,4-5,12-13H2,1-3H3. The zero-order chi connectivity index (χ0) is 20.4. The summed E-state index contributed by atoms with van der Waals surface area (Å²) in [7, 11) is 0. The highest BCUT2D eigenvalue weighted by Gasteiger charge is 2.33. The monoisotopic (exact) mass is 386 g/mol. The van der Waals surface area contributed by atoms with Crippen LogP contribution in [0.1, 0.15) is 47.1 Å². The fourth-order valence-electron chi connectivity index (χ4n) is 4.06. The maximum atomic E-state index is 13.2. The first-order valence-corrected chi connectivity index (χ1v) is 10.1. The van der Waals surface area contributed by atoms with Gasteiger partial charge in [0.25, 0.3) is 0 Å². The molecule has 0 bridgehead atoms. The summed E-state index contributed by atoms with van der Waals surface area (Å²) in [6.07, 6.45) is 7.87. The number of hydrogen-bond acceptors (Lipinski definition) is 4. The van der Waals surface area contributed by atoms with Gasteiger partial charge in [-0.15, -0.1) is 0 Å². The van der Waals surface area contributed by atoms with Gasteiger partial charge in [0, 0.05) is 30.7 Å². The molecular formula is C24H26N4O. The molecule has 0 saturated carbocycles. The summed E-state index contributed by atoms with van der Waals surface area (Å²) in [5.74, 6) is 0.887. The maximum absolute atomic E-state index is 13.2. The number of aryl methyl sites for hydroxylation is 3. The van der Waals surface area contributed by atoms with Crippen LogP contribution in [0.15, 0.2) is 48.9 Å². The molecule has 5 heteroatoms. The van der Waals surface area contributed by atoms with E-state index < -0.39 is 0 Å². The number of amides is 1. The highest BCUT2D eigenvalue weighted by Crippen LogP contribution is 2.37. The molecule has 1 aromatic carbocycles. The smallest absolute Gasteiger partial charge is 0.227 e. The Balaban J connectivity index is 1.67.